The second kappa shape index (κ2) is 9.52. The minimum atomic E-state index is -1.30. The van der Waals surface area contributed by atoms with Gasteiger partial charge in [-0.1, -0.05) is 12.1 Å². The summed E-state index contributed by atoms with van der Waals surface area (Å²) in [5, 5.41) is 5.27. The first-order chi connectivity index (χ1) is 14.8. The number of nitrogens with one attached hydrogen (secondary N) is 2. The molecule has 0 spiro atoms. The smallest absolute Gasteiger partial charge is 0.323 e. The second-order valence-corrected chi connectivity index (χ2v) is 7.10. The van der Waals surface area contributed by atoms with Crippen molar-refractivity contribution in [1.29, 1.82) is 0 Å². The van der Waals surface area contributed by atoms with Gasteiger partial charge in [-0.25, -0.2) is 13.6 Å². The molecule has 2 aromatic rings. The molecule has 1 aliphatic heterocycles. The van der Waals surface area contributed by atoms with E-state index in [-0.39, 0.29) is 31.7 Å². The Morgan fingerprint density at radius 3 is 2.39 bits per heavy atom. The average molecular weight is 431 g/mol. The molecule has 4 amide bonds. The zero-order valence-corrected chi connectivity index (χ0v) is 16.9. The predicted octanol–water partition coefficient (Wildman–Crippen LogP) is 1.66. The zero-order valence-electron chi connectivity index (χ0n) is 16.9. The summed E-state index contributed by atoms with van der Waals surface area (Å²) in [6.07, 6.45) is -1.30. The van der Waals surface area contributed by atoms with Crippen LogP contribution in [-0.4, -0.2) is 60.0 Å². The number of nitrogens with two attached hydrogens (primary N) is 1. The maximum absolute atomic E-state index is 13.6. The van der Waals surface area contributed by atoms with Crippen LogP contribution in [0.4, 0.5) is 19.3 Å². The van der Waals surface area contributed by atoms with Gasteiger partial charge in [-0.15, -0.1) is 0 Å². The van der Waals surface area contributed by atoms with Crippen LogP contribution in [0.3, 0.4) is 0 Å². The molecule has 1 atom stereocenters. The lowest BCUT2D eigenvalue weighted by molar-refractivity contribution is -0.127. The van der Waals surface area contributed by atoms with Crippen molar-refractivity contribution in [2.24, 2.45) is 5.73 Å². The fraction of sp³-hybridized carbons (Fsp3) is 0.286. The molecule has 4 N–H and O–H groups in total. The van der Waals surface area contributed by atoms with E-state index < -0.39 is 35.6 Å². The number of aryl methyl sites for hydroxylation is 1. The fourth-order valence-electron chi connectivity index (χ4n) is 3.38. The highest BCUT2D eigenvalue weighted by molar-refractivity contribution is 6.00. The predicted molar refractivity (Wildman–Crippen MR) is 110 cm³/mol. The van der Waals surface area contributed by atoms with E-state index in [9.17, 15) is 23.2 Å². The highest BCUT2D eigenvalue weighted by atomic mass is 19.1. The Kier molecular flexibility index (Phi) is 6.81. The maximum Gasteiger partial charge on any atom is 0.323 e. The molecular formula is C21H23F2N5O3. The van der Waals surface area contributed by atoms with Gasteiger partial charge in [-0.3, -0.25) is 14.5 Å². The van der Waals surface area contributed by atoms with Crippen LogP contribution in [0.1, 0.15) is 15.9 Å². The van der Waals surface area contributed by atoms with Crippen molar-refractivity contribution in [1.82, 2.24) is 15.1 Å². The van der Waals surface area contributed by atoms with Crippen LogP contribution in [0.5, 0.6) is 0 Å². The summed E-state index contributed by atoms with van der Waals surface area (Å²) in [7, 11) is 0. The Labute approximate surface area is 178 Å². The Morgan fingerprint density at radius 1 is 1.06 bits per heavy atom. The summed E-state index contributed by atoms with van der Waals surface area (Å²) >= 11 is 0. The summed E-state index contributed by atoms with van der Waals surface area (Å²) in [5.41, 5.74) is 6.64. The largest absolute Gasteiger partial charge is 0.351 e. The van der Waals surface area contributed by atoms with Crippen LogP contribution >= 0.6 is 0 Å². The van der Waals surface area contributed by atoms with Crippen LogP contribution < -0.4 is 16.4 Å². The molecule has 3 rings (SSSR count). The van der Waals surface area contributed by atoms with Gasteiger partial charge in [0.05, 0.1) is 0 Å². The van der Waals surface area contributed by atoms with Crippen molar-refractivity contribution < 1.29 is 23.2 Å². The van der Waals surface area contributed by atoms with E-state index in [2.05, 4.69) is 10.6 Å². The number of amides is 4. The molecule has 1 aliphatic rings. The van der Waals surface area contributed by atoms with Gasteiger partial charge in [0.2, 0.25) is 0 Å². The highest BCUT2D eigenvalue weighted by Crippen LogP contribution is 2.21. The molecule has 10 heteroatoms. The third-order valence-corrected chi connectivity index (χ3v) is 4.75. The number of carbonyl (C=O) groups excluding carboxylic acids is 3. The molecule has 8 nitrogen and oxygen atoms in total. The molecule has 2 aromatic carbocycles. The summed E-state index contributed by atoms with van der Waals surface area (Å²) in [5.74, 6) is -3.22. The first-order valence-corrected chi connectivity index (χ1v) is 9.69. The lowest BCUT2D eigenvalue weighted by atomic mass is 10.2. The first-order valence-electron chi connectivity index (χ1n) is 9.69. The monoisotopic (exact) mass is 431 g/mol. The Morgan fingerprint density at radius 2 is 1.74 bits per heavy atom. The van der Waals surface area contributed by atoms with Crippen LogP contribution in [-0.2, 0) is 4.79 Å². The average Bonchev–Trinajstić information content (AvgIpc) is 3.16. The van der Waals surface area contributed by atoms with E-state index in [4.69, 9.17) is 5.73 Å². The third-order valence-electron chi connectivity index (χ3n) is 4.75. The molecule has 0 aromatic heterocycles. The maximum atomic E-state index is 13.6. The minimum absolute atomic E-state index is 0.0128. The number of rotatable bonds is 5. The van der Waals surface area contributed by atoms with Crippen molar-refractivity contribution in [3.8, 4) is 0 Å². The summed E-state index contributed by atoms with van der Waals surface area (Å²) in [4.78, 5) is 40.9. The number of hydrogen-bond donors (Lipinski definition) is 3. The van der Waals surface area contributed by atoms with Crippen molar-refractivity contribution >= 4 is 23.5 Å². The van der Waals surface area contributed by atoms with E-state index >= 15 is 0 Å². The topological polar surface area (TPSA) is 108 Å². The van der Waals surface area contributed by atoms with Crippen LogP contribution in [0.2, 0.25) is 0 Å². The fourth-order valence-corrected chi connectivity index (χ4v) is 3.38. The Bertz CT molecular complexity index is 980. The highest BCUT2D eigenvalue weighted by Gasteiger charge is 2.43. The number of carbonyl (C=O) groups is 3. The molecule has 0 aliphatic carbocycles. The lowest BCUT2D eigenvalue weighted by Crippen LogP contribution is -2.55. The standard InChI is InChI=1S/C21H23F2N5O3/c1-13-3-2-4-17(9-13)26-21(31)28-8-7-27(19(28)18(29)25-6-5-24)20(30)14-10-15(22)12-16(23)11-14/h2-4,9-12,19H,5-8,24H2,1H3,(H,25,29)(H,26,31). The number of urea groups is 1. The number of nitrogens with zero attached hydrogens (tertiary/aromatic N) is 2. The van der Waals surface area contributed by atoms with Gasteiger partial charge in [-0.05, 0) is 36.8 Å². The molecule has 0 radical (unpaired) electrons. The zero-order chi connectivity index (χ0) is 22.5. The van der Waals surface area contributed by atoms with Crippen molar-refractivity contribution in [3.63, 3.8) is 0 Å². The molecule has 0 bridgehead atoms. The normalized spacial score (nSPS) is 15.7. The minimum Gasteiger partial charge on any atom is -0.351 e. The number of halogens is 2. The molecule has 31 heavy (non-hydrogen) atoms. The first kappa shape index (κ1) is 22.2. The van der Waals surface area contributed by atoms with E-state index in [1.165, 1.54) is 4.90 Å². The third kappa shape index (κ3) is 5.15. The quantitative estimate of drug-likeness (QED) is 0.669. The summed E-state index contributed by atoms with van der Waals surface area (Å²) in [6, 6.07) is 8.93. The van der Waals surface area contributed by atoms with Gasteiger partial charge in [0.15, 0.2) is 6.17 Å². The molecule has 164 valence electrons. The van der Waals surface area contributed by atoms with Gasteiger partial charge < -0.3 is 21.3 Å². The van der Waals surface area contributed by atoms with Gasteiger partial charge in [0.1, 0.15) is 11.6 Å². The van der Waals surface area contributed by atoms with Crippen molar-refractivity contribution in [2.45, 2.75) is 13.1 Å². The SMILES string of the molecule is Cc1cccc(NC(=O)N2CCN(C(=O)c3cc(F)cc(F)c3)C2C(=O)NCCN)c1. The van der Waals surface area contributed by atoms with Crippen molar-refractivity contribution in [3.05, 3.63) is 65.2 Å². The molecule has 1 fully saturated rings. The van der Waals surface area contributed by atoms with Crippen molar-refractivity contribution in [2.75, 3.05) is 31.5 Å². The number of anilines is 1. The molecule has 1 heterocycles. The lowest BCUT2D eigenvalue weighted by Gasteiger charge is -2.29. The van der Waals surface area contributed by atoms with Crippen LogP contribution in [0.25, 0.3) is 0 Å². The molecular weight excluding hydrogens is 408 g/mol. The van der Waals surface area contributed by atoms with E-state index in [1.54, 1.807) is 18.2 Å². The van der Waals surface area contributed by atoms with E-state index in [1.807, 2.05) is 13.0 Å². The van der Waals surface area contributed by atoms with E-state index in [0.29, 0.717) is 11.8 Å². The van der Waals surface area contributed by atoms with Gasteiger partial charge >= 0.3 is 6.03 Å². The second-order valence-electron chi connectivity index (χ2n) is 7.10. The Balaban J connectivity index is 1.86. The van der Waals surface area contributed by atoms with Gasteiger partial charge in [0, 0.05) is 43.5 Å². The Hall–Kier alpha value is -3.53. The van der Waals surface area contributed by atoms with Gasteiger partial charge in [-0.2, -0.15) is 0 Å². The molecule has 1 unspecified atom stereocenters. The molecule has 1 saturated heterocycles. The number of benzene rings is 2. The summed E-state index contributed by atoms with van der Waals surface area (Å²) < 4.78 is 27.2. The number of hydrogen-bond acceptors (Lipinski definition) is 4. The molecule has 0 saturated carbocycles. The van der Waals surface area contributed by atoms with Gasteiger partial charge in [0.25, 0.3) is 11.8 Å². The van der Waals surface area contributed by atoms with E-state index in [0.717, 1.165) is 22.6 Å². The van der Waals surface area contributed by atoms with Crippen LogP contribution in [0.15, 0.2) is 42.5 Å². The van der Waals surface area contributed by atoms with Crippen LogP contribution in [0, 0.1) is 18.6 Å². The summed E-state index contributed by atoms with van der Waals surface area (Å²) in [6.45, 7) is 2.24.